The van der Waals surface area contributed by atoms with Crippen molar-refractivity contribution in [1.82, 2.24) is 16.1 Å². The van der Waals surface area contributed by atoms with Crippen molar-refractivity contribution in [3.05, 3.63) is 77.3 Å². The summed E-state index contributed by atoms with van der Waals surface area (Å²) in [7, 11) is 1.50. The summed E-state index contributed by atoms with van der Waals surface area (Å²) in [5.74, 6) is -1.83. The topological polar surface area (TPSA) is 136 Å². The van der Waals surface area contributed by atoms with Crippen molar-refractivity contribution < 1.29 is 19.5 Å². The van der Waals surface area contributed by atoms with Crippen molar-refractivity contribution >= 4 is 29.4 Å². The predicted octanol–water partition coefficient (Wildman–Crippen LogP) is 1.57. The van der Waals surface area contributed by atoms with Crippen LogP contribution in [0.1, 0.15) is 28.4 Å². The lowest BCUT2D eigenvalue weighted by Crippen LogP contribution is -2.39. The first-order valence-electron chi connectivity index (χ1n) is 9.23. The molecular formula is C21H22N6O4. The normalized spacial score (nSPS) is 11.5. The second kappa shape index (κ2) is 11.6. The Bertz CT molecular complexity index is 1000. The van der Waals surface area contributed by atoms with Gasteiger partial charge in [0.1, 0.15) is 0 Å². The molecule has 1 atom stereocenters. The van der Waals surface area contributed by atoms with E-state index in [0.717, 1.165) is 0 Å². The number of nitrogens with zero attached hydrogens (tertiary/aromatic N) is 2. The molecule has 31 heavy (non-hydrogen) atoms. The molecule has 10 nitrogen and oxygen atoms in total. The minimum Gasteiger partial charge on any atom is -0.481 e. The number of benzene rings is 2. The minimum atomic E-state index is -1.05. The van der Waals surface area contributed by atoms with Gasteiger partial charge in [0.05, 0.1) is 19.0 Å². The third-order valence-corrected chi connectivity index (χ3v) is 4.10. The van der Waals surface area contributed by atoms with Crippen molar-refractivity contribution in [1.29, 1.82) is 0 Å². The third-order valence-electron chi connectivity index (χ3n) is 4.10. The highest BCUT2D eigenvalue weighted by atomic mass is 16.4. The zero-order chi connectivity index (χ0) is 22.6. The summed E-state index contributed by atoms with van der Waals surface area (Å²) in [5, 5.41) is 17.1. The Balaban J connectivity index is 1.97. The zero-order valence-corrected chi connectivity index (χ0v) is 16.8. The number of aliphatic carboxylic acids is 1. The Morgan fingerprint density at radius 1 is 1.13 bits per heavy atom. The largest absolute Gasteiger partial charge is 0.481 e. The molecule has 2 rings (SSSR count). The summed E-state index contributed by atoms with van der Waals surface area (Å²) in [6.45, 7) is 6.49. The maximum atomic E-state index is 12.4. The van der Waals surface area contributed by atoms with Gasteiger partial charge in [0.15, 0.2) is 0 Å². The molecule has 0 aliphatic rings. The van der Waals surface area contributed by atoms with Gasteiger partial charge in [-0.1, -0.05) is 41.8 Å². The summed E-state index contributed by atoms with van der Waals surface area (Å²) in [6, 6.07) is 14.5. The summed E-state index contributed by atoms with van der Waals surface area (Å²) < 4.78 is 0. The number of rotatable bonds is 8. The number of carbonyl (C=O) groups is 3. The smallest absolute Gasteiger partial charge is 0.305 e. The lowest BCUT2D eigenvalue weighted by atomic mass is 10.0. The van der Waals surface area contributed by atoms with Crippen molar-refractivity contribution in [2.45, 2.75) is 12.5 Å². The number of amides is 2. The van der Waals surface area contributed by atoms with Crippen molar-refractivity contribution in [2.75, 3.05) is 18.9 Å². The van der Waals surface area contributed by atoms with Gasteiger partial charge < -0.3 is 21.1 Å². The monoisotopic (exact) mass is 422 g/mol. The van der Waals surface area contributed by atoms with Gasteiger partial charge in [-0.25, -0.2) is 0 Å². The van der Waals surface area contributed by atoms with Crippen LogP contribution in [-0.2, 0) is 9.59 Å². The Morgan fingerprint density at radius 3 is 2.52 bits per heavy atom. The van der Waals surface area contributed by atoms with E-state index in [2.05, 4.69) is 31.3 Å². The van der Waals surface area contributed by atoms with Crippen LogP contribution in [0.3, 0.4) is 0 Å². The number of hydrogen-bond acceptors (Lipinski definition) is 4. The van der Waals surface area contributed by atoms with Crippen LogP contribution in [0.5, 0.6) is 0 Å². The quantitative estimate of drug-likeness (QED) is 0.190. The molecule has 0 heterocycles. The van der Waals surface area contributed by atoms with E-state index in [1.54, 1.807) is 54.6 Å². The number of guanidine groups is 1. The Hall–Kier alpha value is -4.39. The van der Waals surface area contributed by atoms with Crippen LogP contribution in [0.15, 0.2) is 59.6 Å². The van der Waals surface area contributed by atoms with Gasteiger partial charge in [0, 0.05) is 18.3 Å². The summed E-state index contributed by atoms with van der Waals surface area (Å²) in [6.07, 6.45) is -0.280. The summed E-state index contributed by atoms with van der Waals surface area (Å²) in [5.41, 5.74) is 3.83. The first-order chi connectivity index (χ1) is 14.9. The van der Waals surface area contributed by atoms with E-state index in [1.807, 2.05) is 0 Å². The van der Waals surface area contributed by atoms with Crippen LogP contribution in [0, 0.1) is 6.57 Å². The number of carbonyl (C=O) groups excluding carboxylic acids is 2. The summed E-state index contributed by atoms with van der Waals surface area (Å²) >= 11 is 0. The predicted molar refractivity (Wildman–Crippen MR) is 115 cm³/mol. The highest BCUT2D eigenvalue weighted by molar-refractivity contribution is 5.99. The molecule has 0 fully saturated rings. The standard InChI is InChI=1S/C21H22N6O4/c1-22-21(27-23-2)25-16-10-6-9-15(11-16)20(31)24-13-18(28)26-17(12-19(29)30)14-7-4-3-5-8-14/h3-11,17H,12-13H2,1H3,(H,24,31)(H,26,28)(H,29,30)(H2,22,25,27). The van der Waals surface area contributed by atoms with E-state index in [0.29, 0.717) is 16.8 Å². The van der Waals surface area contributed by atoms with Gasteiger partial charge in [-0.2, -0.15) is 11.5 Å². The average Bonchev–Trinajstić information content (AvgIpc) is 2.77. The maximum Gasteiger partial charge on any atom is 0.305 e. The highest BCUT2D eigenvalue weighted by Gasteiger charge is 2.18. The molecule has 0 spiro atoms. The van der Waals surface area contributed by atoms with Gasteiger partial charge in [-0.05, 0) is 23.8 Å². The van der Waals surface area contributed by atoms with Crippen LogP contribution < -0.4 is 21.4 Å². The van der Waals surface area contributed by atoms with Crippen LogP contribution in [0.2, 0.25) is 0 Å². The molecule has 1 unspecified atom stereocenters. The van der Waals surface area contributed by atoms with Gasteiger partial charge >= 0.3 is 5.97 Å². The first-order valence-corrected chi connectivity index (χ1v) is 9.23. The average molecular weight is 422 g/mol. The number of nitrogens with one attached hydrogen (secondary N) is 4. The van der Waals surface area contributed by atoms with Gasteiger partial charge in [0.2, 0.25) is 5.91 Å². The number of anilines is 1. The molecule has 0 saturated carbocycles. The molecule has 2 aromatic rings. The Labute approximate surface area is 179 Å². The number of aliphatic imine (C=N–C) groups is 1. The fourth-order valence-electron chi connectivity index (χ4n) is 2.68. The Kier molecular flexibility index (Phi) is 8.55. The fourth-order valence-corrected chi connectivity index (χ4v) is 2.68. The van der Waals surface area contributed by atoms with E-state index in [1.165, 1.54) is 7.05 Å². The zero-order valence-electron chi connectivity index (χ0n) is 16.8. The van der Waals surface area contributed by atoms with Crippen molar-refractivity contribution in [3.8, 4) is 0 Å². The van der Waals surface area contributed by atoms with E-state index in [9.17, 15) is 14.4 Å². The summed E-state index contributed by atoms with van der Waals surface area (Å²) in [4.78, 5) is 42.7. The second-order valence-electron chi connectivity index (χ2n) is 6.31. The molecular weight excluding hydrogens is 400 g/mol. The van der Waals surface area contributed by atoms with Crippen LogP contribution >= 0.6 is 0 Å². The van der Waals surface area contributed by atoms with Crippen LogP contribution in [0.25, 0.3) is 4.95 Å². The first kappa shape index (κ1) is 22.9. The molecule has 2 aromatic carbocycles. The highest BCUT2D eigenvalue weighted by Crippen LogP contribution is 2.16. The lowest BCUT2D eigenvalue weighted by Gasteiger charge is -2.17. The number of carboxylic acids is 1. The van der Waals surface area contributed by atoms with E-state index < -0.39 is 23.8 Å². The fraction of sp³-hybridized carbons (Fsp3) is 0.190. The number of carboxylic acid groups (broad SMARTS) is 1. The SMILES string of the molecule is [C-]#[N+]NC(=NC)Nc1cccc(C(=O)NCC(=O)NC(CC(=O)O)c2ccccc2)c1. The molecule has 160 valence electrons. The second-order valence-corrected chi connectivity index (χ2v) is 6.31. The van der Waals surface area contributed by atoms with E-state index >= 15 is 0 Å². The maximum absolute atomic E-state index is 12.4. The molecule has 0 aliphatic heterocycles. The molecule has 0 aromatic heterocycles. The van der Waals surface area contributed by atoms with Crippen molar-refractivity contribution in [2.24, 2.45) is 4.99 Å². The molecule has 5 N–H and O–H groups in total. The minimum absolute atomic E-state index is 0.220. The molecule has 0 bridgehead atoms. The molecule has 0 radical (unpaired) electrons. The van der Waals surface area contributed by atoms with Crippen LogP contribution in [0.4, 0.5) is 5.69 Å². The Morgan fingerprint density at radius 2 is 1.87 bits per heavy atom. The van der Waals surface area contributed by atoms with Gasteiger partial charge in [-0.15, -0.1) is 0 Å². The van der Waals surface area contributed by atoms with E-state index in [-0.39, 0.29) is 18.9 Å². The van der Waals surface area contributed by atoms with Crippen molar-refractivity contribution in [3.63, 3.8) is 0 Å². The molecule has 10 heteroatoms. The van der Waals surface area contributed by atoms with Crippen LogP contribution in [-0.4, -0.2) is 42.4 Å². The lowest BCUT2D eigenvalue weighted by molar-refractivity contribution is -0.137. The molecule has 0 aliphatic carbocycles. The van der Waals surface area contributed by atoms with E-state index in [4.69, 9.17) is 11.7 Å². The molecule has 2 amide bonds. The van der Waals surface area contributed by atoms with Gasteiger partial charge in [-0.3, -0.25) is 19.4 Å². The van der Waals surface area contributed by atoms with Gasteiger partial charge in [0.25, 0.3) is 11.9 Å². The molecule has 0 saturated heterocycles. The number of hydrogen-bond donors (Lipinski definition) is 5. The third kappa shape index (κ3) is 7.51.